The van der Waals surface area contributed by atoms with E-state index in [0.29, 0.717) is 11.6 Å². The fourth-order valence-electron chi connectivity index (χ4n) is 1.85. The van der Waals surface area contributed by atoms with Crippen LogP contribution in [0.1, 0.15) is 4.88 Å². The molecule has 0 aliphatic rings. The van der Waals surface area contributed by atoms with Gasteiger partial charge in [0, 0.05) is 10.7 Å². The molecular weight excluding hydrogens is 315 g/mol. The molecule has 1 aromatic carbocycles. The second-order valence-corrected chi connectivity index (χ2v) is 6.81. The van der Waals surface area contributed by atoms with Gasteiger partial charge in [-0.15, -0.1) is 11.3 Å². The molecule has 6 heteroatoms. The van der Waals surface area contributed by atoms with E-state index in [1.54, 1.807) is 23.5 Å². The number of quaternary nitrogens is 1. The topological polar surface area (TPSA) is 33.5 Å². The largest absolute Gasteiger partial charge is 0.325 e. The number of thiophene rings is 1. The lowest BCUT2D eigenvalue weighted by Gasteiger charge is -2.12. The van der Waals surface area contributed by atoms with Gasteiger partial charge in [-0.25, -0.2) is 0 Å². The van der Waals surface area contributed by atoms with Crippen LogP contribution in [0.5, 0.6) is 0 Å². The Morgan fingerprint density at radius 2 is 2.10 bits per heavy atom. The first-order valence-electron chi connectivity index (χ1n) is 6.14. The van der Waals surface area contributed by atoms with Crippen molar-refractivity contribution < 1.29 is 9.69 Å². The molecular formula is C14H15Cl2N2OS+. The number of anilines is 1. The number of amides is 1. The van der Waals surface area contributed by atoms with Crippen LogP contribution in [0.2, 0.25) is 9.36 Å². The smallest absolute Gasteiger partial charge is 0.279 e. The minimum absolute atomic E-state index is 0.0348. The summed E-state index contributed by atoms with van der Waals surface area (Å²) in [5.74, 6) is -0.0348. The predicted octanol–water partition coefficient (Wildman–Crippen LogP) is 2.71. The van der Waals surface area contributed by atoms with E-state index < -0.39 is 0 Å². The number of nitrogens with one attached hydrogen (secondary N) is 2. The number of hydrogen-bond donors (Lipinski definition) is 2. The van der Waals surface area contributed by atoms with Gasteiger partial charge in [0.15, 0.2) is 6.54 Å². The molecule has 3 nitrogen and oxygen atoms in total. The molecule has 2 aromatic rings. The van der Waals surface area contributed by atoms with Crippen molar-refractivity contribution in [1.29, 1.82) is 0 Å². The van der Waals surface area contributed by atoms with Gasteiger partial charge in [0.25, 0.3) is 5.91 Å². The van der Waals surface area contributed by atoms with E-state index in [9.17, 15) is 4.79 Å². The summed E-state index contributed by atoms with van der Waals surface area (Å²) < 4.78 is 0.774. The SMILES string of the molecule is C[NH+](CC(=O)Nc1cccc(Cl)c1)Cc1ccc(Cl)s1. The number of hydrogen-bond acceptors (Lipinski definition) is 2. The Labute approximate surface area is 132 Å². The Morgan fingerprint density at radius 1 is 1.30 bits per heavy atom. The number of halogens is 2. The zero-order valence-electron chi connectivity index (χ0n) is 11.0. The molecule has 0 aliphatic heterocycles. The second kappa shape index (κ2) is 7.09. The highest BCUT2D eigenvalue weighted by molar-refractivity contribution is 7.16. The molecule has 1 unspecified atom stereocenters. The molecule has 1 atom stereocenters. The molecule has 0 bridgehead atoms. The standard InChI is InChI=1S/C14H14Cl2N2OS/c1-18(8-12-5-6-13(16)20-12)9-14(19)17-11-4-2-3-10(15)7-11/h2-7H,8-9H2,1H3,(H,17,19)/p+1. The van der Waals surface area contributed by atoms with Crippen molar-refractivity contribution in [2.45, 2.75) is 6.54 Å². The van der Waals surface area contributed by atoms with Crippen molar-refractivity contribution in [3.05, 3.63) is 50.6 Å². The van der Waals surface area contributed by atoms with Crippen LogP contribution in [0.15, 0.2) is 36.4 Å². The third-order valence-corrected chi connectivity index (χ3v) is 4.14. The Bertz CT molecular complexity index is 600. The number of carbonyl (C=O) groups is 1. The molecule has 0 saturated carbocycles. The molecule has 1 aromatic heterocycles. The highest BCUT2D eigenvalue weighted by atomic mass is 35.5. The van der Waals surface area contributed by atoms with Gasteiger partial charge in [-0.2, -0.15) is 0 Å². The van der Waals surface area contributed by atoms with Crippen LogP contribution in [0.4, 0.5) is 5.69 Å². The quantitative estimate of drug-likeness (QED) is 0.868. The fraction of sp³-hybridized carbons (Fsp3) is 0.214. The maximum absolute atomic E-state index is 11.9. The van der Waals surface area contributed by atoms with Crippen LogP contribution >= 0.6 is 34.5 Å². The van der Waals surface area contributed by atoms with Crippen molar-refractivity contribution >= 4 is 46.1 Å². The molecule has 0 aliphatic carbocycles. The summed E-state index contributed by atoms with van der Waals surface area (Å²) in [6.07, 6.45) is 0. The van der Waals surface area contributed by atoms with Crippen LogP contribution < -0.4 is 10.2 Å². The van der Waals surface area contributed by atoms with E-state index in [-0.39, 0.29) is 5.91 Å². The van der Waals surface area contributed by atoms with Crippen LogP contribution in [-0.2, 0) is 11.3 Å². The Hall–Kier alpha value is -1.07. The van der Waals surface area contributed by atoms with Gasteiger partial charge in [0.2, 0.25) is 0 Å². The van der Waals surface area contributed by atoms with Crippen molar-refractivity contribution in [2.75, 3.05) is 18.9 Å². The summed E-state index contributed by atoms with van der Waals surface area (Å²) in [6.45, 7) is 1.17. The average Bonchev–Trinajstić information content (AvgIpc) is 2.74. The molecule has 0 saturated heterocycles. The first-order valence-corrected chi connectivity index (χ1v) is 7.71. The Balaban J connectivity index is 1.84. The zero-order valence-corrected chi connectivity index (χ0v) is 13.3. The van der Waals surface area contributed by atoms with Crippen LogP contribution in [0.25, 0.3) is 0 Å². The molecule has 20 heavy (non-hydrogen) atoms. The maximum atomic E-state index is 11.9. The van der Waals surface area contributed by atoms with Gasteiger partial charge < -0.3 is 10.2 Å². The molecule has 2 rings (SSSR count). The molecule has 0 spiro atoms. The van der Waals surface area contributed by atoms with Gasteiger partial charge in [0.05, 0.1) is 16.3 Å². The predicted molar refractivity (Wildman–Crippen MR) is 84.9 cm³/mol. The zero-order chi connectivity index (χ0) is 14.5. The third-order valence-electron chi connectivity index (χ3n) is 2.68. The third kappa shape index (κ3) is 4.80. The van der Waals surface area contributed by atoms with Gasteiger partial charge in [-0.3, -0.25) is 4.79 Å². The van der Waals surface area contributed by atoms with E-state index in [4.69, 9.17) is 23.2 Å². The number of likely N-dealkylation sites (N-methyl/N-ethyl adjacent to an activating group) is 1. The molecule has 106 valence electrons. The van der Waals surface area contributed by atoms with Gasteiger partial charge in [0.1, 0.15) is 6.54 Å². The normalized spacial score (nSPS) is 12.2. The molecule has 1 heterocycles. The summed E-state index contributed by atoms with van der Waals surface area (Å²) >= 11 is 13.3. The molecule has 0 fully saturated rings. The summed E-state index contributed by atoms with van der Waals surface area (Å²) in [5, 5.41) is 3.45. The van der Waals surface area contributed by atoms with E-state index in [2.05, 4.69) is 5.32 Å². The Morgan fingerprint density at radius 3 is 2.75 bits per heavy atom. The molecule has 1 amide bonds. The van der Waals surface area contributed by atoms with Crippen molar-refractivity contribution in [3.63, 3.8) is 0 Å². The molecule has 2 N–H and O–H groups in total. The van der Waals surface area contributed by atoms with E-state index in [1.807, 2.05) is 31.3 Å². The number of benzene rings is 1. The average molecular weight is 330 g/mol. The highest BCUT2D eigenvalue weighted by Gasteiger charge is 2.12. The summed E-state index contributed by atoms with van der Waals surface area (Å²) in [7, 11) is 1.98. The minimum Gasteiger partial charge on any atom is -0.325 e. The minimum atomic E-state index is -0.0348. The fourth-order valence-corrected chi connectivity index (χ4v) is 3.24. The van der Waals surface area contributed by atoms with Crippen molar-refractivity contribution in [2.24, 2.45) is 0 Å². The maximum Gasteiger partial charge on any atom is 0.279 e. The van der Waals surface area contributed by atoms with E-state index in [1.165, 1.54) is 4.88 Å². The molecule has 0 radical (unpaired) electrons. The number of rotatable bonds is 5. The van der Waals surface area contributed by atoms with E-state index in [0.717, 1.165) is 21.5 Å². The summed E-state index contributed by atoms with van der Waals surface area (Å²) in [4.78, 5) is 14.2. The van der Waals surface area contributed by atoms with Gasteiger partial charge in [-0.1, -0.05) is 29.3 Å². The second-order valence-electron chi connectivity index (χ2n) is 4.58. The van der Waals surface area contributed by atoms with Crippen LogP contribution in [-0.4, -0.2) is 19.5 Å². The number of carbonyl (C=O) groups excluding carboxylic acids is 1. The van der Waals surface area contributed by atoms with Gasteiger partial charge >= 0.3 is 0 Å². The van der Waals surface area contributed by atoms with Crippen molar-refractivity contribution in [1.82, 2.24) is 0 Å². The summed E-state index contributed by atoms with van der Waals surface area (Å²) in [5.41, 5.74) is 0.717. The van der Waals surface area contributed by atoms with Gasteiger partial charge in [-0.05, 0) is 30.3 Å². The van der Waals surface area contributed by atoms with Crippen LogP contribution in [0.3, 0.4) is 0 Å². The first-order chi connectivity index (χ1) is 9.52. The first kappa shape index (κ1) is 15.3. The lowest BCUT2D eigenvalue weighted by atomic mass is 10.3. The van der Waals surface area contributed by atoms with Crippen LogP contribution in [0, 0.1) is 0 Å². The monoisotopic (exact) mass is 329 g/mol. The lowest BCUT2D eigenvalue weighted by Crippen LogP contribution is -3.08. The van der Waals surface area contributed by atoms with Crippen molar-refractivity contribution in [3.8, 4) is 0 Å². The summed E-state index contributed by atoms with van der Waals surface area (Å²) in [6, 6.07) is 11.0. The Kier molecular flexibility index (Phi) is 5.43. The lowest BCUT2D eigenvalue weighted by molar-refractivity contribution is -0.884. The highest BCUT2D eigenvalue weighted by Crippen LogP contribution is 2.20. The van der Waals surface area contributed by atoms with E-state index >= 15 is 0 Å².